The van der Waals surface area contributed by atoms with Crippen LogP contribution in [0, 0.1) is 0 Å². The highest BCUT2D eigenvalue weighted by molar-refractivity contribution is 5.91. The molecular weight excluding hydrogens is 535 g/mol. The number of halogens is 1. The van der Waals surface area contributed by atoms with E-state index in [0.717, 1.165) is 59.7 Å². The van der Waals surface area contributed by atoms with Crippen molar-refractivity contribution in [1.82, 2.24) is 14.8 Å². The van der Waals surface area contributed by atoms with Crippen LogP contribution in [0.4, 0.5) is 0 Å². The maximum atomic E-state index is 6.22. The van der Waals surface area contributed by atoms with E-state index in [1.54, 1.807) is 24.4 Å². The minimum atomic E-state index is 0. The van der Waals surface area contributed by atoms with Crippen molar-refractivity contribution >= 4 is 10.8 Å². The number of aromatic nitrogens is 4. The van der Waals surface area contributed by atoms with Crippen LogP contribution in [0.1, 0.15) is 12.0 Å². The number of methoxy groups -OCH3 is 1. The molecule has 0 N–H and O–H groups in total. The van der Waals surface area contributed by atoms with Gasteiger partial charge in [-0.3, -0.25) is 4.68 Å². The van der Waals surface area contributed by atoms with Crippen molar-refractivity contribution in [3.8, 4) is 34.3 Å². The standard InChI is InChI=1S/C24H23N4O4.HI/c1-29-21-4-3-16-9-20-18-11-23-22(31-15-32-23)10-17(18)5-7-27(20)12-19(16)24(21)30-8-2-6-28-14-25-13-26-28;/h3-4,9-14H,2,5-8,15H2,1H3;1H/q+1;/p-1. The topological polar surface area (TPSA) is 71.5 Å². The van der Waals surface area contributed by atoms with E-state index >= 15 is 0 Å². The number of hydrogen-bond donors (Lipinski definition) is 0. The Kier molecular flexibility index (Phi) is 5.96. The zero-order valence-corrected chi connectivity index (χ0v) is 20.3. The molecule has 4 heterocycles. The summed E-state index contributed by atoms with van der Waals surface area (Å²) in [5.74, 6) is 3.15. The number of nitrogens with zero attached hydrogens (tertiary/aromatic N) is 4. The molecule has 0 saturated heterocycles. The number of aryl methyl sites for hydroxylation is 3. The van der Waals surface area contributed by atoms with Crippen molar-refractivity contribution in [2.45, 2.75) is 25.9 Å². The lowest BCUT2D eigenvalue weighted by atomic mass is 9.95. The average Bonchev–Trinajstić information content (AvgIpc) is 3.51. The highest BCUT2D eigenvalue weighted by Gasteiger charge is 2.28. The number of fused-ring (bicyclic) bond motifs is 5. The highest BCUT2D eigenvalue weighted by atomic mass is 127. The Balaban J connectivity index is 0.00000228. The number of pyridine rings is 1. The van der Waals surface area contributed by atoms with E-state index in [9.17, 15) is 0 Å². The van der Waals surface area contributed by atoms with Gasteiger partial charge in [-0.2, -0.15) is 9.67 Å². The zero-order valence-electron chi connectivity index (χ0n) is 18.2. The van der Waals surface area contributed by atoms with Crippen molar-refractivity contribution in [3.63, 3.8) is 0 Å². The summed E-state index contributed by atoms with van der Waals surface area (Å²) >= 11 is 0. The van der Waals surface area contributed by atoms with E-state index in [1.165, 1.54) is 16.8 Å². The predicted octanol–water partition coefficient (Wildman–Crippen LogP) is 0.152. The van der Waals surface area contributed by atoms with Gasteiger partial charge < -0.3 is 42.9 Å². The Morgan fingerprint density at radius 2 is 2.03 bits per heavy atom. The van der Waals surface area contributed by atoms with Crippen LogP contribution in [0.5, 0.6) is 23.0 Å². The monoisotopic (exact) mass is 558 g/mol. The third-order valence-electron chi connectivity index (χ3n) is 6.04. The minimum Gasteiger partial charge on any atom is -1.00 e. The first-order valence-corrected chi connectivity index (χ1v) is 10.7. The van der Waals surface area contributed by atoms with Crippen LogP contribution < -0.4 is 47.5 Å². The molecule has 33 heavy (non-hydrogen) atoms. The van der Waals surface area contributed by atoms with Crippen LogP contribution in [0.15, 0.2) is 49.2 Å². The maximum absolute atomic E-state index is 6.22. The quantitative estimate of drug-likeness (QED) is 0.191. The highest BCUT2D eigenvalue weighted by Crippen LogP contribution is 2.41. The fraction of sp³-hybridized carbons (Fsp3) is 0.292. The van der Waals surface area contributed by atoms with Gasteiger partial charge in [-0.1, -0.05) is 0 Å². The van der Waals surface area contributed by atoms with Crippen LogP contribution in [0.25, 0.3) is 22.0 Å². The molecule has 2 aliphatic heterocycles. The number of ether oxygens (including phenoxy) is 4. The van der Waals surface area contributed by atoms with Crippen LogP contribution in [0.2, 0.25) is 0 Å². The van der Waals surface area contributed by atoms with Gasteiger partial charge in [0.25, 0.3) is 0 Å². The van der Waals surface area contributed by atoms with E-state index < -0.39 is 0 Å². The van der Waals surface area contributed by atoms with Crippen LogP contribution in [-0.2, 0) is 19.5 Å². The third-order valence-corrected chi connectivity index (χ3v) is 6.04. The third kappa shape index (κ3) is 3.94. The largest absolute Gasteiger partial charge is 1.00 e. The van der Waals surface area contributed by atoms with Gasteiger partial charge in [-0.25, -0.2) is 4.98 Å². The lowest BCUT2D eigenvalue weighted by Gasteiger charge is -2.18. The van der Waals surface area contributed by atoms with Crippen molar-refractivity contribution in [1.29, 1.82) is 0 Å². The van der Waals surface area contributed by atoms with Crippen LogP contribution in [-0.4, -0.2) is 35.3 Å². The lowest BCUT2D eigenvalue weighted by molar-refractivity contribution is -0.686. The van der Waals surface area contributed by atoms with E-state index in [2.05, 4.69) is 45.1 Å². The fourth-order valence-corrected chi connectivity index (χ4v) is 4.46. The summed E-state index contributed by atoms with van der Waals surface area (Å²) in [5, 5.41) is 6.28. The Hall–Kier alpha value is -3.08. The molecule has 0 aliphatic carbocycles. The van der Waals surface area contributed by atoms with Crippen molar-refractivity contribution in [3.05, 3.63) is 54.7 Å². The molecule has 0 atom stereocenters. The number of benzene rings is 2. The molecule has 0 amide bonds. The molecule has 0 radical (unpaired) electrons. The van der Waals surface area contributed by atoms with E-state index in [-0.39, 0.29) is 30.8 Å². The molecule has 0 bridgehead atoms. The Labute approximate surface area is 208 Å². The SMILES string of the molecule is COc1ccc2cc3[n+](cc2c1OCCCn1cncn1)CCc1cc2c(cc1-3)OCO2.[I-]. The van der Waals surface area contributed by atoms with E-state index in [1.807, 2.05) is 6.07 Å². The summed E-state index contributed by atoms with van der Waals surface area (Å²) in [6, 6.07) is 10.5. The molecule has 6 rings (SSSR count). The van der Waals surface area contributed by atoms with Crippen molar-refractivity contribution in [2.24, 2.45) is 0 Å². The normalized spacial score (nSPS) is 13.2. The fourth-order valence-electron chi connectivity index (χ4n) is 4.46. The first-order chi connectivity index (χ1) is 15.8. The van der Waals surface area contributed by atoms with Gasteiger partial charge in [0.05, 0.1) is 24.7 Å². The first kappa shape index (κ1) is 21.7. The van der Waals surface area contributed by atoms with Gasteiger partial charge in [0.1, 0.15) is 12.7 Å². The van der Waals surface area contributed by atoms with Crippen LogP contribution in [0.3, 0.4) is 0 Å². The average molecular weight is 558 g/mol. The summed E-state index contributed by atoms with van der Waals surface area (Å²) in [6.07, 6.45) is 7.19. The van der Waals surface area contributed by atoms with Crippen LogP contribution >= 0.6 is 0 Å². The molecule has 4 aromatic rings. The second-order valence-corrected chi connectivity index (χ2v) is 7.93. The van der Waals surface area contributed by atoms with Crippen molar-refractivity contribution < 1.29 is 47.5 Å². The van der Waals surface area contributed by atoms with Gasteiger partial charge in [0.15, 0.2) is 35.7 Å². The summed E-state index contributed by atoms with van der Waals surface area (Å²) in [6.45, 7) is 2.49. The molecule has 0 unspecified atom stereocenters. The summed E-state index contributed by atoms with van der Waals surface area (Å²) in [4.78, 5) is 3.98. The Morgan fingerprint density at radius 1 is 1.15 bits per heavy atom. The van der Waals surface area contributed by atoms with Gasteiger partial charge >= 0.3 is 0 Å². The molecule has 2 aromatic carbocycles. The summed E-state index contributed by atoms with van der Waals surface area (Å²) < 4.78 is 27.1. The first-order valence-electron chi connectivity index (χ1n) is 10.7. The molecular formula is C24H23IN4O4. The Morgan fingerprint density at radius 3 is 2.85 bits per heavy atom. The molecule has 9 heteroatoms. The van der Waals surface area contributed by atoms with Gasteiger partial charge in [0.2, 0.25) is 12.5 Å². The molecule has 0 spiro atoms. The summed E-state index contributed by atoms with van der Waals surface area (Å²) in [5.41, 5.74) is 3.64. The molecule has 2 aliphatic rings. The minimum absolute atomic E-state index is 0. The number of rotatable bonds is 6. The van der Waals surface area contributed by atoms with Gasteiger partial charge in [-0.05, 0) is 35.2 Å². The summed E-state index contributed by atoms with van der Waals surface area (Å²) in [7, 11) is 1.67. The smallest absolute Gasteiger partial charge is 0.231 e. The second-order valence-electron chi connectivity index (χ2n) is 7.93. The van der Waals surface area contributed by atoms with Gasteiger partial charge in [0, 0.05) is 25.5 Å². The maximum Gasteiger partial charge on any atom is 0.231 e. The lowest BCUT2D eigenvalue weighted by Crippen LogP contribution is -3.00. The van der Waals surface area contributed by atoms with Gasteiger partial charge in [-0.15, -0.1) is 0 Å². The van der Waals surface area contributed by atoms with Crippen molar-refractivity contribution in [2.75, 3.05) is 20.5 Å². The molecule has 0 fully saturated rings. The molecule has 8 nitrogen and oxygen atoms in total. The van der Waals surface area contributed by atoms with E-state index in [0.29, 0.717) is 6.61 Å². The Bertz CT molecular complexity index is 1310. The second kappa shape index (κ2) is 9.05. The van der Waals surface area contributed by atoms with E-state index in [4.69, 9.17) is 18.9 Å². The zero-order chi connectivity index (χ0) is 21.5. The molecule has 170 valence electrons. The molecule has 0 saturated carbocycles. The molecule has 2 aromatic heterocycles. The number of hydrogen-bond acceptors (Lipinski definition) is 6. The predicted molar refractivity (Wildman–Crippen MR) is 116 cm³/mol.